The molecule has 0 aromatic carbocycles. The number of halogens is 3. The Morgan fingerprint density at radius 1 is 1.23 bits per heavy atom. The molecule has 0 saturated heterocycles. The molecule has 0 radical (unpaired) electrons. The van der Waals surface area contributed by atoms with Gasteiger partial charge in [-0.2, -0.15) is 18.2 Å². The largest absolute Gasteiger partial charge is 0.433 e. The molecular weight excluding hydrogens is 439 g/mol. The molecule has 0 spiro atoms. The standard InChI is InChI=1S/C18H18F3N5O4S/c1-5-31(28,29)14-6-11(26(30-4)10(2)27)8-23-16(14)17-24-12-7-15(18(19,20)21)22-9-13(12)25(17)3/h6-9H,5H2,1-4H3. The van der Waals surface area contributed by atoms with Crippen LogP contribution in [0.15, 0.2) is 29.4 Å². The molecule has 3 rings (SSSR count). The molecule has 31 heavy (non-hydrogen) atoms. The first-order valence-corrected chi connectivity index (χ1v) is 10.5. The number of hydroxylamine groups is 1. The minimum absolute atomic E-state index is 0.0206. The number of carbonyl (C=O) groups excluding carboxylic acids is 1. The molecule has 0 bridgehead atoms. The van der Waals surface area contributed by atoms with E-state index < -0.39 is 27.6 Å². The van der Waals surface area contributed by atoms with Gasteiger partial charge in [0.15, 0.2) is 15.7 Å². The maximum Gasteiger partial charge on any atom is 0.433 e. The lowest BCUT2D eigenvalue weighted by Gasteiger charge is -2.19. The van der Waals surface area contributed by atoms with Crippen LogP contribution in [0.5, 0.6) is 0 Å². The van der Waals surface area contributed by atoms with Crippen LogP contribution < -0.4 is 5.06 Å². The first-order valence-electron chi connectivity index (χ1n) is 8.88. The molecule has 0 N–H and O–H groups in total. The van der Waals surface area contributed by atoms with Crippen molar-refractivity contribution in [3.63, 3.8) is 0 Å². The van der Waals surface area contributed by atoms with Crippen molar-refractivity contribution in [3.8, 4) is 11.5 Å². The number of amides is 1. The zero-order valence-electron chi connectivity index (χ0n) is 16.9. The maximum atomic E-state index is 13.0. The Kier molecular flexibility index (Phi) is 5.76. The van der Waals surface area contributed by atoms with Gasteiger partial charge in [-0.25, -0.2) is 23.4 Å². The van der Waals surface area contributed by atoms with Crippen molar-refractivity contribution in [3.05, 3.63) is 30.2 Å². The number of hydrogen-bond donors (Lipinski definition) is 0. The number of aryl methyl sites for hydroxylation is 1. The summed E-state index contributed by atoms with van der Waals surface area (Å²) < 4.78 is 65.9. The fraction of sp³-hybridized carbons (Fsp3) is 0.333. The number of nitrogens with zero attached hydrogens (tertiary/aromatic N) is 5. The summed E-state index contributed by atoms with van der Waals surface area (Å²) in [5.41, 5.74) is -0.877. The summed E-state index contributed by atoms with van der Waals surface area (Å²) in [7, 11) is -1.11. The Morgan fingerprint density at radius 2 is 1.90 bits per heavy atom. The van der Waals surface area contributed by atoms with Gasteiger partial charge in [0.25, 0.3) is 0 Å². The third kappa shape index (κ3) is 4.10. The van der Waals surface area contributed by atoms with Crippen molar-refractivity contribution in [2.45, 2.75) is 24.9 Å². The van der Waals surface area contributed by atoms with E-state index in [0.29, 0.717) is 0 Å². The normalized spacial score (nSPS) is 12.4. The van der Waals surface area contributed by atoms with Gasteiger partial charge in [-0.15, -0.1) is 0 Å². The highest BCUT2D eigenvalue weighted by atomic mass is 32.2. The average Bonchev–Trinajstić information content (AvgIpc) is 3.03. The molecule has 3 aromatic rings. The summed E-state index contributed by atoms with van der Waals surface area (Å²) in [5, 5.41) is 0.861. The number of carbonyl (C=O) groups is 1. The summed E-state index contributed by atoms with van der Waals surface area (Å²) >= 11 is 0. The Morgan fingerprint density at radius 3 is 2.45 bits per heavy atom. The van der Waals surface area contributed by atoms with Gasteiger partial charge in [0.05, 0.1) is 46.9 Å². The van der Waals surface area contributed by atoms with Gasteiger partial charge < -0.3 is 4.57 Å². The topological polar surface area (TPSA) is 107 Å². The summed E-state index contributed by atoms with van der Waals surface area (Å²) in [5.74, 6) is -0.756. The van der Waals surface area contributed by atoms with Gasteiger partial charge in [-0.1, -0.05) is 6.92 Å². The quantitative estimate of drug-likeness (QED) is 0.542. The first kappa shape index (κ1) is 22.6. The van der Waals surface area contributed by atoms with Crippen LogP contribution in [0.1, 0.15) is 19.5 Å². The molecule has 0 aliphatic heterocycles. The van der Waals surface area contributed by atoms with Crippen LogP contribution in [0.2, 0.25) is 0 Å². The molecule has 0 fully saturated rings. The average molecular weight is 457 g/mol. The number of sulfone groups is 1. The zero-order chi connectivity index (χ0) is 23.1. The van der Waals surface area contributed by atoms with E-state index in [2.05, 4.69) is 15.0 Å². The minimum atomic E-state index is -4.65. The molecule has 3 aromatic heterocycles. The van der Waals surface area contributed by atoms with Gasteiger partial charge in [-0.3, -0.25) is 9.63 Å². The minimum Gasteiger partial charge on any atom is -0.324 e. The lowest BCUT2D eigenvalue weighted by atomic mass is 10.3. The number of hydrogen-bond acceptors (Lipinski definition) is 7. The SMILES string of the molecule is CCS(=O)(=O)c1cc(N(OC)C(C)=O)cnc1-c1nc2cc(C(F)(F)F)ncc2n1C. The second-order valence-electron chi connectivity index (χ2n) is 6.49. The van der Waals surface area contributed by atoms with E-state index in [-0.39, 0.29) is 38.9 Å². The number of pyridine rings is 2. The lowest BCUT2D eigenvalue weighted by Crippen LogP contribution is -2.27. The molecule has 0 atom stereocenters. The number of rotatable bonds is 5. The van der Waals surface area contributed by atoms with Crippen LogP contribution in [-0.2, 0) is 32.7 Å². The van der Waals surface area contributed by atoms with E-state index in [1.165, 1.54) is 44.8 Å². The Hall–Kier alpha value is -3.06. The number of anilines is 1. The van der Waals surface area contributed by atoms with E-state index >= 15 is 0 Å². The monoisotopic (exact) mass is 457 g/mol. The van der Waals surface area contributed by atoms with Crippen molar-refractivity contribution in [2.75, 3.05) is 17.9 Å². The fourth-order valence-electron chi connectivity index (χ4n) is 2.98. The maximum absolute atomic E-state index is 13.0. The highest BCUT2D eigenvalue weighted by Crippen LogP contribution is 2.33. The van der Waals surface area contributed by atoms with Crippen molar-refractivity contribution < 1.29 is 31.2 Å². The van der Waals surface area contributed by atoms with E-state index in [4.69, 9.17) is 4.84 Å². The molecule has 9 nitrogen and oxygen atoms in total. The van der Waals surface area contributed by atoms with E-state index in [1.807, 2.05) is 0 Å². The third-order valence-electron chi connectivity index (χ3n) is 4.53. The smallest absolute Gasteiger partial charge is 0.324 e. The molecule has 0 aliphatic carbocycles. The van der Waals surface area contributed by atoms with E-state index in [9.17, 15) is 26.4 Å². The molecule has 0 aliphatic rings. The van der Waals surface area contributed by atoms with Gasteiger partial charge in [0, 0.05) is 14.0 Å². The summed E-state index contributed by atoms with van der Waals surface area (Å²) in [6.45, 7) is 2.65. The number of imidazole rings is 1. The van der Waals surface area contributed by atoms with Crippen molar-refractivity contribution in [1.82, 2.24) is 19.5 Å². The predicted octanol–water partition coefficient (Wildman–Crippen LogP) is 2.76. The summed E-state index contributed by atoms with van der Waals surface area (Å²) in [6, 6.07) is 1.99. The molecular formula is C18H18F3N5O4S. The number of fused-ring (bicyclic) bond motifs is 1. The molecule has 0 unspecified atom stereocenters. The molecule has 0 saturated carbocycles. The zero-order valence-corrected chi connectivity index (χ0v) is 17.7. The summed E-state index contributed by atoms with van der Waals surface area (Å²) in [6.07, 6.45) is -2.42. The van der Waals surface area contributed by atoms with Crippen LogP contribution >= 0.6 is 0 Å². The van der Waals surface area contributed by atoms with Gasteiger partial charge in [0.1, 0.15) is 11.4 Å². The first-order chi connectivity index (χ1) is 14.4. The van der Waals surface area contributed by atoms with E-state index in [0.717, 1.165) is 17.3 Å². The summed E-state index contributed by atoms with van der Waals surface area (Å²) in [4.78, 5) is 28.2. The van der Waals surface area contributed by atoms with Gasteiger partial charge in [-0.05, 0) is 12.1 Å². The predicted molar refractivity (Wildman–Crippen MR) is 105 cm³/mol. The highest BCUT2D eigenvalue weighted by Gasteiger charge is 2.33. The van der Waals surface area contributed by atoms with Gasteiger partial charge >= 0.3 is 6.18 Å². The van der Waals surface area contributed by atoms with Crippen LogP contribution in [-0.4, -0.2) is 46.7 Å². The second-order valence-corrected chi connectivity index (χ2v) is 8.74. The van der Waals surface area contributed by atoms with Crippen LogP contribution in [0.4, 0.5) is 18.9 Å². The van der Waals surface area contributed by atoms with Crippen molar-refractivity contribution >= 4 is 32.5 Å². The Labute approximate surface area is 175 Å². The van der Waals surface area contributed by atoms with Crippen LogP contribution in [0.3, 0.4) is 0 Å². The Balaban J connectivity index is 2.28. The highest BCUT2D eigenvalue weighted by molar-refractivity contribution is 7.91. The van der Waals surface area contributed by atoms with Crippen LogP contribution in [0.25, 0.3) is 22.6 Å². The molecule has 166 valence electrons. The molecule has 13 heteroatoms. The number of aromatic nitrogens is 4. The Bertz CT molecular complexity index is 1270. The second kappa shape index (κ2) is 7.89. The van der Waals surface area contributed by atoms with Crippen LogP contribution in [0, 0.1) is 0 Å². The van der Waals surface area contributed by atoms with E-state index in [1.54, 1.807) is 0 Å². The van der Waals surface area contributed by atoms with Crippen molar-refractivity contribution in [1.29, 1.82) is 0 Å². The fourth-order valence-corrected chi connectivity index (χ4v) is 4.03. The lowest BCUT2D eigenvalue weighted by molar-refractivity contribution is -0.141. The van der Waals surface area contributed by atoms with Crippen molar-refractivity contribution in [2.24, 2.45) is 7.05 Å². The molecule has 3 heterocycles. The molecule has 1 amide bonds. The van der Waals surface area contributed by atoms with Gasteiger partial charge in [0.2, 0.25) is 5.91 Å². The number of alkyl halides is 3. The third-order valence-corrected chi connectivity index (χ3v) is 6.27.